The molecule has 0 spiro atoms. The molecule has 0 unspecified atom stereocenters. The van der Waals surface area contributed by atoms with E-state index in [9.17, 15) is 36.4 Å². The zero-order valence-corrected chi connectivity index (χ0v) is 33.1. The average molecular weight is 839 g/mol. The van der Waals surface area contributed by atoms with E-state index in [4.69, 9.17) is 14.2 Å². The zero-order valence-electron chi connectivity index (χ0n) is 32.3. The van der Waals surface area contributed by atoms with E-state index in [1.807, 2.05) is 4.72 Å². The molecule has 3 N–H and O–H groups in total. The number of nitrogens with one attached hydrogen (secondary N) is 3. The standard InChI is InChI=1S/C38H46F4N6O9S/c1-35(2,3)28-32(50)48-19-20(17-24(48)30(49)46-37(18-21(37)29(39)40)33(51)47-58(53,54)36(4)14-15-36)56-31-27(43-22-9-5-6-10-23(22)44-31)38(41,42)13-8-16-55-25-11-7-12-26(25)57-34(52)45-28/h5-6,8-10,13,20-21,24-26,28-29H,7,11-12,14-19H2,1-4H3,(H,45,52)(H,46,49)(H,47,51)/b13-8+/t20-,21+,24+,25+,26+,28-,37-/m1/s1. The van der Waals surface area contributed by atoms with Crippen molar-refractivity contribution in [2.75, 3.05) is 13.2 Å². The summed E-state index contributed by atoms with van der Waals surface area (Å²) in [5.41, 5.74) is -3.91. The lowest BCUT2D eigenvalue weighted by Gasteiger charge is -2.35. The second-order valence-corrected chi connectivity index (χ2v) is 19.3. The van der Waals surface area contributed by atoms with E-state index in [1.54, 1.807) is 32.9 Å². The SMILES string of the molecule is CC(C)(C)[C@@H]1NC(=O)O[C@H]2CCC[C@@H]2OC/C=C/C(F)(F)c2nc3ccccc3nc2O[C@@H]2C[C@@H](C(=O)N[C@]3(C(=O)NS(=O)(=O)C4(C)CC4)C[C@H]3C(F)F)N(C2)C1=O. The normalized spacial score (nSPS) is 31.4. The van der Waals surface area contributed by atoms with Crippen LogP contribution in [-0.2, 0) is 39.8 Å². The van der Waals surface area contributed by atoms with Gasteiger partial charge in [-0.25, -0.2) is 32.0 Å². The molecule has 20 heteroatoms. The van der Waals surface area contributed by atoms with E-state index in [2.05, 4.69) is 20.6 Å². The number of para-hydroxylation sites is 2. The topological polar surface area (TPSA) is 195 Å². The van der Waals surface area contributed by atoms with Crippen molar-refractivity contribution < 1.29 is 59.4 Å². The van der Waals surface area contributed by atoms with E-state index in [0.29, 0.717) is 25.3 Å². The highest BCUT2D eigenvalue weighted by atomic mass is 32.2. The van der Waals surface area contributed by atoms with Crippen molar-refractivity contribution in [3.05, 3.63) is 42.1 Å². The van der Waals surface area contributed by atoms with Crippen molar-refractivity contribution in [3.8, 4) is 5.88 Å². The molecule has 7 atom stereocenters. The highest BCUT2D eigenvalue weighted by Gasteiger charge is 2.67. The van der Waals surface area contributed by atoms with Crippen LogP contribution in [0.15, 0.2) is 36.4 Å². The third kappa shape index (κ3) is 8.05. The molecule has 15 nitrogen and oxygen atoms in total. The van der Waals surface area contributed by atoms with Gasteiger partial charge in [-0.2, -0.15) is 8.78 Å². The number of carbonyl (C=O) groups excluding carboxylic acids is 4. The number of allylic oxidation sites excluding steroid dienone is 1. The van der Waals surface area contributed by atoms with Crippen LogP contribution in [0.1, 0.15) is 78.3 Å². The summed E-state index contributed by atoms with van der Waals surface area (Å²) in [6, 6.07) is 3.27. The Kier molecular flexibility index (Phi) is 10.7. The van der Waals surface area contributed by atoms with Crippen LogP contribution in [-0.4, -0.2) is 107 Å². The molecular formula is C38H46F4N6O9S. The number of nitrogens with zero attached hydrogens (tertiary/aromatic N) is 3. The van der Waals surface area contributed by atoms with Crippen molar-refractivity contribution in [2.24, 2.45) is 11.3 Å². The molecule has 3 aliphatic carbocycles. The Morgan fingerprint density at radius 1 is 1.03 bits per heavy atom. The van der Waals surface area contributed by atoms with E-state index < -0.39 is 129 Å². The maximum absolute atomic E-state index is 16.1. The van der Waals surface area contributed by atoms with Gasteiger partial charge in [0.1, 0.15) is 29.8 Å². The number of alkyl halides is 4. The molecule has 1 aromatic heterocycles. The Bertz CT molecular complexity index is 2130. The van der Waals surface area contributed by atoms with Crippen molar-refractivity contribution >= 4 is 44.9 Å². The van der Waals surface area contributed by atoms with Gasteiger partial charge in [-0.1, -0.05) is 39.0 Å². The zero-order chi connectivity index (χ0) is 42.0. The lowest BCUT2D eigenvalue weighted by molar-refractivity contribution is -0.143. The second kappa shape index (κ2) is 14.9. The maximum Gasteiger partial charge on any atom is 0.408 e. The summed E-state index contributed by atoms with van der Waals surface area (Å²) in [7, 11) is -4.30. The number of hydrogen-bond donors (Lipinski definition) is 3. The Labute approximate surface area is 332 Å². The molecule has 1 saturated heterocycles. The molecule has 2 bridgehead atoms. The van der Waals surface area contributed by atoms with Gasteiger partial charge in [-0.3, -0.25) is 19.1 Å². The Morgan fingerprint density at radius 2 is 1.71 bits per heavy atom. The van der Waals surface area contributed by atoms with E-state index >= 15 is 8.78 Å². The predicted molar refractivity (Wildman–Crippen MR) is 197 cm³/mol. The van der Waals surface area contributed by atoms with Crippen LogP contribution in [0.25, 0.3) is 11.0 Å². The van der Waals surface area contributed by atoms with Crippen LogP contribution in [0.3, 0.4) is 0 Å². The van der Waals surface area contributed by atoms with Gasteiger partial charge in [0.25, 0.3) is 5.91 Å². The Hall–Kier alpha value is -4.59. The average Bonchev–Trinajstić information content (AvgIpc) is 3.97. The molecular weight excluding hydrogens is 793 g/mol. The summed E-state index contributed by atoms with van der Waals surface area (Å²) in [5, 5.41) is 4.94. The molecule has 316 valence electrons. The maximum atomic E-state index is 16.1. The first kappa shape index (κ1) is 41.6. The molecule has 5 aliphatic rings. The summed E-state index contributed by atoms with van der Waals surface area (Å²) < 4.78 is 105. The fourth-order valence-corrected chi connectivity index (χ4v) is 9.04. The largest absolute Gasteiger partial charge is 0.471 e. The van der Waals surface area contributed by atoms with Crippen LogP contribution in [0.4, 0.5) is 22.4 Å². The molecule has 2 aliphatic heterocycles. The third-order valence-electron chi connectivity index (χ3n) is 11.6. The van der Waals surface area contributed by atoms with Gasteiger partial charge in [0.05, 0.1) is 41.0 Å². The summed E-state index contributed by atoms with van der Waals surface area (Å²) in [6.07, 6.45) is -4.10. The molecule has 3 saturated carbocycles. The summed E-state index contributed by atoms with van der Waals surface area (Å²) in [5.74, 6) is -9.43. The number of carbonyl (C=O) groups is 4. The quantitative estimate of drug-likeness (QED) is 0.283. The van der Waals surface area contributed by atoms with Crippen LogP contribution in [0, 0.1) is 11.3 Å². The highest BCUT2D eigenvalue weighted by molar-refractivity contribution is 7.91. The lowest BCUT2D eigenvalue weighted by Crippen LogP contribution is -2.60. The number of alkyl carbamates (subject to hydrolysis) is 1. The number of benzene rings is 1. The van der Waals surface area contributed by atoms with Crippen LogP contribution in [0.5, 0.6) is 5.88 Å². The van der Waals surface area contributed by atoms with Crippen LogP contribution >= 0.6 is 0 Å². The fourth-order valence-electron chi connectivity index (χ4n) is 7.73. The molecule has 3 heterocycles. The molecule has 4 amide bonds. The lowest BCUT2D eigenvalue weighted by atomic mass is 9.85. The van der Waals surface area contributed by atoms with Gasteiger partial charge in [-0.05, 0) is 69.1 Å². The molecule has 2 aromatic rings. The van der Waals surface area contributed by atoms with E-state index in [1.165, 1.54) is 19.1 Å². The predicted octanol–water partition coefficient (Wildman–Crippen LogP) is 3.86. The van der Waals surface area contributed by atoms with Crippen molar-refractivity contribution in [3.63, 3.8) is 0 Å². The summed E-state index contributed by atoms with van der Waals surface area (Å²) in [4.78, 5) is 65.3. The first-order chi connectivity index (χ1) is 27.1. The number of hydrogen-bond acceptors (Lipinski definition) is 11. The van der Waals surface area contributed by atoms with E-state index in [0.717, 1.165) is 11.0 Å². The molecule has 58 heavy (non-hydrogen) atoms. The number of amides is 4. The minimum Gasteiger partial charge on any atom is -0.471 e. The van der Waals surface area contributed by atoms with Gasteiger partial charge >= 0.3 is 12.0 Å². The first-order valence-corrected chi connectivity index (χ1v) is 20.7. The molecule has 1 aromatic carbocycles. The first-order valence-electron chi connectivity index (χ1n) is 19.2. The van der Waals surface area contributed by atoms with Crippen molar-refractivity contribution in [1.29, 1.82) is 0 Å². The van der Waals surface area contributed by atoms with Crippen LogP contribution in [0.2, 0.25) is 0 Å². The number of sulfonamides is 1. The van der Waals surface area contributed by atoms with Gasteiger partial charge in [0.2, 0.25) is 34.1 Å². The third-order valence-corrected chi connectivity index (χ3v) is 13.8. The minimum absolute atomic E-state index is 0.130. The van der Waals surface area contributed by atoms with Gasteiger partial charge in [0.15, 0.2) is 5.69 Å². The van der Waals surface area contributed by atoms with Crippen LogP contribution < -0.4 is 20.1 Å². The number of fused-ring (bicyclic) bond motifs is 5. The molecule has 0 radical (unpaired) electrons. The second-order valence-electron chi connectivity index (χ2n) is 17.1. The van der Waals surface area contributed by atoms with Gasteiger partial charge < -0.3 is 29.7 Å². The van der Waals surface area contributed by atoms with Gasteiger partial charge in [0, 0.05) is 6.42 Å². The van der Waals surface area contributed by atoms with Crippen molar-refractivity contribution in [2.45, 2.75) is 126 Å². The van der Waals surface area contributed by atoms with Crippen molar-refractivity contribution in [1.82, 2.24) is 30.2 Å². The molecule has 7 rings (SSSR count). The fraction of sp³-hybridized carbons (Fsp3) is 0.632. The van der Waals surface area contributed by atoms with E-state index in [-0.39, 0.29) is 30.5 Å². The summed E-state index contributed by atoms with van der Waals surface area (Å²) in [6.45, 7) is 5.63. The number of rotatable bonds is 6. The minimum atomic E-state index is -4.30. The summed E-state index contributed by atoms with van der Waals surface area (Å²) >= 11 is 0. The Balaban J connectivity index is 1.26. The number of halogens is 4. The number of aromatic nitrogens is 2. The Morgan fingerprint density at radius 3 is 2.34 bits per heavy atom. The highest BCUT2D eigenvalue weighted by Crippen LogP contribution is 2.49. The molecule has 4 fully saturated rings. The number of ether oxygens (including phenoxy) is 3. The monoisotopic (exact) mass is 838 g/mol. The smallest absolute Gasteiger partial charge is 0.408 e. The van der Waals surface area contributed by atoms with Gasteiger partial charge in [-0.15, -0.1) is 0 Å².